The third kappa shape index (κ3) is 4.13. The zero-order valence-corrected chi connectivity index (χ0v) is 12.2. The van der Waals surface area contributed by atoms with E-state index in [0.717, 1.165) is 18.7 Å². The predicted molar refractivity (Wildman–Crippen MR) is 76.3 cm³/mol. The van der Waals surface area contributed by atoms with Crippen molar-refractivity contribution in [2.75, 3.05) is 12.3 Å². The first-order chi connectivity index (χ1) is 9.18. The number of hydrogen-bond donors (Lipinski definition) is 1. The molecule has 1 heterocycles. The van der Waals surface area contributed by atoms with Crippen molar-refractivity contribution in [3.8, 4) is 0 Å². The van der Waals surface area contributed by atoms with Crippen molar-refractivity contribution in [2.24, 2.45) is 0 Å². The van der Waals surface area contributed by atoms with Crippen molar-refractivity contribution in [3.63, 3.8) is 0 Å². The fraction of sp³-hybridized carbons (Fsp3) is 0.857. The van der Waals surface area contributed by atoms with Gasteiger partial charge in [-0.2, -0.15) is 11.8 Å². The molecule has 1 aliphatic heterocycles. The third-order valence-electron chi connectivity index (χ3n) is 4.08. The van der Waals surface area contributed by atoms with E-state index in [1.807, 2.05) is 11.8 Å². The van der Waals surface area contributed by atoms with Crippen LogP contribution < -0.4 is 0 Å². The highest BCUT2D eigenvalue weighted by Crippen LogP contribution is 2.35. The summed E-state index contributed by atoms with van der Waals surface area (Å²) in [6.07, 6.45) is 6.94. The molecule has 4 nitrogen and oxygen atoms in total. The topological polar surface area (TPSA) is 57.6 Å². The Balaban J connectivity index is 1.78. The Morgan fingerprint density at radius 1 is 1.16 bits per heavy atom. The maximum Gasteiger partial charge on any atom is 0.303 e. The molecule has 2 unspecified atom stereocenters. The van der Waals surface area contributed by atoms with Crippen molar-refractivity contribution in [3.05, 3.63) is 0 Å². The molecule has 19 heavy (non-hydrogen) atoms. The Kier molecular flexibility index (Phi) is 5.55. The van der Waals surface area contributed by atoms with Crippen LogP contribution in [0.3, 0.4) is 0 Å². The molecule has 1 saturated carbocycles. The van der Waals surface area contributed by atoms with Crippen LogP contribution in [-0.2, 0) is 9.59 Å². The predicted octanol–water partition coefficient (Wildman–Crippen LogP) is 2.52. The van der Waals surface area contributed by atoms with Crippen LogP contribution >= 0.6 is 11.8 Å². The van der Waals surface area contributed by atoms with E-state index in [0.29, 0.717) is 30.6 Å². The largest absolute Gasteiger partial charge is 0.481 e. The van der Waals surface area contributed by atoms with Gasteiger partial charge >= 0.3 is 5.97 Å². The van der Waals surface area contributed by atoms with E-state index in [-0.39, 0.29) is 12.3 Å². The molecule has 1 N–H and O–H groups in total. The quantitative estimate of drug-likeness (QED) is 0.789. The molecule has 1 saturated heterocycles. The second-order valence-electron chi connectivity index (χ2n) is 5.45. The van der Waals surface area contributed by atoms with Gasteiger partial charge in [0.05, 0.1) is 0 Å². The summed E-state index contributed by atoms with van der Waals surface area (Å²) in [6, 6.07) is 0.444. The van der Waals surface area contributed by atoms with E-state index in [9.17, 15) is 9.59 Å². The first-order valence-electron chi connectivity index (χ1n) is 7.31. The highest BCUT2D eigenvalue weighted by Gasteiger charge is 2.35. The number of thioether (sulfide) groups is 1. The molecule has 2 rings (SSSR count). The lowest BCUT2D eigenvalue weighted by Crippen LogP contribution is -2.51. The van der Waals surface area contributed by atoms with Gasteiger partial charge in [0.25, 0.3) is 0 Å². The first-order valence-corrected chi connectivity index (χ1v) is 8.36. The highest BCUT2D eigenvalue weighted by molar-refractivity contribution is 8.00. The summed E-state index contributed by atoms with van der Waals surface area (Å²) in [7, 11) is 0. The summed E-state index contributed by atoms with van der Waals surface area (Å²) in [6.45, 7) is 0.879. The number of fused-ring (bicyclic) bond motifs is 1. The van der Waals surface area contributed by atoms with Crippen LogP contribution in [0.4, 0.5) is 0 Å². The summed E-state index contributed by atoms with van der Waals surface area (Å²) < 4.78 is 0. The number of rotatable bonds is 5. The number of carboxylic acid groups (broad SMARTS) is 1. The third-order valence-corrected chi connectivity index (χ3v) is 5.48. The SMILES string of the molecule is O=C(O)CCCCC(=O)N1CCSC2CCCCC21. The minimum Gasteiger partial charge on any atom is -0.481 e. The summed E-state index contributed by atoms with van der Waals surface area (Å²) in [5.74, 6) is 0.527. The van der Waals surface area contributed by atoms with Gasteiger partial charge in [0.1, 0.15) is 0 Å². The Bertz CT molecular complexity index is 333. The molecule has 0 bridgehead atoms. The Morgan fingerprint density at radius 2 is 1.89 bits per heavy atom. The van der Waals surface area contributed by atoms with Gasteiger partial charge in [0, 0.05) is 36.4 Å². The maximum atomic E-state index is 12.3. The monoisotopic (exact) mass is 285 g/mol. The van der Waals surface area contributed by atoms with Crippen LogP contribution in [0.15, 0.2) is 0 Å². The molecule has 2 fully saturated rings. The number of aliphatic carboxylic acids is 1. The molecule has 5 heteroatoms. The molecule has 0 aromatic heterocycles. The molecule has 108 valence electrons. The lowest BCUT2D eigenvalue weighted by atomic mass is 9.93. The molecule has 2 atom stereocenters. The van der Waals surface area contributed by atoms with Crippen LogP contribution in [0.2, 0.25) is 0 Å². The van der Waals surface area contributed by atoms with Gasteiger partial charge in [0.15, 0.2) is 0 Å². The summed E-state index contributed by atoms with van der Waals surface area (Å²) in [4.78, 5) is 24.8. The zero-order valence-electron chi connectivity index (χ0n) is 11.3. The average Bonchev–Trinajstić information content (AvgIpc) is 2.42. The van der Waals surface area contributed by atoms with E-state index in [4.69, 9.17) is 5.11 Å². The molecule has 0 spiro atoms. The number of nitrogens with zero attached hydrogens (tertiary/aromatic N) is 1. The first kappa shape index (κ1) is 14.7. The highest BCUT2D eigenvalue weighted by atomic mass is 32.2. The van der Waals surface area contributed by atoms with E-state index in [2.05, 4.69) is 4.90 Å². The van der Waals surface area contributed by atoms with E-state index in [1.165, 1.54) is 19.3 Å². The Labute approximate surface area is 118 Å². The number of unbranched alkanes of at least 4 members (excludes halogenated alkanes) is 1. The van der Waals surface area contributed by atoms with Gasteiger partial charge in [-0.15, -0.1) is 0 Å². The second-order valence-corrected chi connectivity index (χ2v) is 6.80. The van der Waals surface area contributed by atoms with E-state index < -0.39 is 5.97 Å². The van der Waals surface area contributed by atoms with Crippen LogP contribution in [0.25, 0.3) is 0 Å². The van der Waals surface area contributed by atoms with Gasteiger partial charge in [-0.1, -0.05) is 12.8 Å². The van der Waals surface area contributed by atoms with E-state index >= 15 is 0 Å². The molecule has 0 aromatic carbocycles. The number of carboxylic acids is 1. The van der Waals surface area contributed by atoms with Gasteiger partial charge in [-0.25, -0.2) is 0 Å². The molecule has 2 aliphatic rings. The Morgan fingerprint density at radius 3 is 2.68 bits per heavy atom. The van der Waals surface area contributed by atoms with Gasteiger partial charge in [-0.3, -0.25) is 9.59 Å². The molecular weight excluding hydrogens is 262 g/mol. The van der Waals surface area contributed by atoms with Gasteiger partial charge < -0.3 is 10.0 Å². The lowest BCUT2D eigenvalue weighted by molar-refractivity contribution is -0.138. The van der Waals surface area contributed by atoms with Crippen LogP contribution in [0.1, 0.15) is 51.4 Å². The number of hydrogen-bond acceptors (Lipinski definition) is 3. The molecular formula is C14H23NO3S. The summed E-state index contributed by atoms with van der Waals surface area (Å²) >= 11 is 2.03. The van der Waals surface area contributed by atoms with Crippen LogP contribution in [0, 0.1) is 0 Å². The van der Waals surface area contributed by atoms with Crippen molar-refractivity contribution in [1.29, 1.82) is 0 Å². The van der Waals surface area contributed by atoms with Crippen LogP contribution in [0.5, 0.6) is 0 Å². The summed E-state index contributed by atoms with van der Waals surface area (Å²) in [5.41, 5.74) is 0. The molecule has 1 amide bonds. The number of carbonyl (C=O) groups is 2. The lowest BCUT2D eigenvalue weighted by Gasteiger charge is -2.43. The number of carbonyl (C=O) groups excluding carboxylic acids is 1. The van der Waals surface area contributed by atoms with Crippen molar-refractivity contribution in [2.45, 2.75) is 62.7 Å². The zero-order chi connectivity index (χ0) is 13.7. The van der Waals surface area contributed by atoms with Crippen molar-refractivity contribution < 1.29 is 14.7 Å². The van der Waals surface area contributed by atoms with Gasteiger partial charge in [-0.05, 0) is 25.7 Å². The fourth-order valence-electron chi connectivity index (χ4n) is 3.10. The fourth-order valence-corrected chi connectivity index (χ4v) is 4.55. The minimum absolute atomic E-state index is 0.176. The van der Waals surface area contributed by atoms with Crippen molar-refractivity contribution >= 4 is 23.6 Å². The smallest absolute Gasteiger partial charge is 0.303 e. The maximum absolute atomic E-state index is 12.3. The van der Waals surface area contributed by atoms with Gasteiger partial charge in [0.2, 0.25) is 5.91 Å². The molecule has 0 radical (unpaired) electrons. The van der Waals surface area contributed by atoms with Crippen molar-refractivity contribution in [1.82, 2.24) is 4.90 Å². The molecule has 0 aromatic rings. The number of amides is 1. The van der Waals surface area contributed by atoms with E-state index in [1.54, 1.807) is 0 Å². The summed E-state index contributed by atoms with van der Waals surface area (Å²) in [5, 5.41) is 9.23. The molecule has 1 aliphatic carbocycles. The second kappa shape index (κ2) is 7.17. The normalized spacial score (nSPS) is 26.8. The Hall–Kier alpha value is -0.710. The minimum atomic E-state index is -0.769. The standard InChI is InChI=1S/C14H23NO3S/c16-13(7-3-4-8-14(17)18)15-9-10-19-12-6-2-1-5-11(12)15/h11-12H,1-10H2,(H,17,18). The average molecular weight is 285 g/mol. The van der Waals surface area contributed by atoms with Crippen LogP contribution in [-0.4, -0.2) is 45.5 Å².